The van der Waals surface area contributed by atoms with E-state index >= 15 is 0 Å². The fourth-order valence-electron chi connectivity index (χ4n) is 2.43. The molecule has 5 heteroatoms. The van der Waals surface area contributed by atoms with Crippen LogP contribution in [0.15, 0.2) is 28.3 Å². The average molecular weight is 355 g/mol. The maximum atomic E-state index is 13.4. The van der Waals surface area contributed by atoms with Crippen LogP contribution in [0.3, 0.4) is 0 Å². The number of halogens is 2. The molecule has 0 saturated heterocycles. The number of carbonyl (C=O) groups is 1. The van der Waals surface area contributed by atoms with Gasteiger partial charge in [0.15, 0.2) is 0 Å². The van der Waals surface area contributed by atoms with Crippen LogP contribution in [0.5, 0.6) is 0 Å². The first-order chi connectivity index (χ1) is 9.70. The molecule has 0 fully saturated rings. The van der Waals surface area contributed by atoms with Gasteiger partial charge in [-0.25, -0.2) is 4.39 Å². The standard InChI is InChI=1S/C16H20BrFN2O/c1-16(2,3)10-4-6-20(7-5-10)15(21)11-8-14(19)13(18)9-12(11)17/h4,8-9H,5-7,19H2,1-3H3. The molecule has 1 aromatic rings. The zero-order valence-electron chi connectivity index (χ0n) is 12.5. The molecule has 114 valence electrons. The van der Waals surface area contributed by atoms with E-state index in [4.69, 9.17) is 5.73 Å². The third-order valence-electron chi connectivity index (χ3n) is 3.78. The Hall–Kier alpha value is -1.36. The van der Waals surface area contributed by atoms with E-state index in [-0.39, 0.29) is 17.0 Å². The second-order valence-electron chi connectivity index (χ2n) is 6.33. The Kier molecular flexibility index (Phi) is 4.42. The van der Waals surface area contributed by atoms with Crippen LogP contribution >= 0.6 is 15.9 Å². The van der Waals surface area contributed by atoms with Gasteiger partial charge in [-0.3, -0.25) is 4.79 Å². The number of rotatable bonds is 1. The maximum Gasteiger partial charge on any atom is 0.255 e. The highest BCUT2D eigenvalue weighted by molar-refractivity contribution is 9.10. The Labute approximate surface area is 133 Å². The zero-order valence-corrected chi connectivity index (χ0v) is 14.1. The number of hydrogen-bond acceptors (Lipinski definition) is 2. The second kappa shape index (κ2) is 5.79. The van der Waals surface area contributed by atoms with Gasteiger partial charge in [0, 0.05) is 17.6 Å². The molecule has 1 aromatic carbocycles. The van der Waals surface area contributed by atoms with E-state index < -0.39 is 5.82 Å². The molecule has 2 N–H and O–H groups in total. The van der Waals surface area contributed by atoms with Crippen molar-refractivity contribution >= 4 is 27.5 Å². The van der Waals surface area contributed by atoms with Crippen molar-refractivity contribution in [1.82, 2.24) is 4.90 Å². The van der Waals surface area contributed by atoms with E-state index in [1.165, 1.54) is 17.7 Å². The van der Waals surface area contributed by atoms with Crippen molar-refractivity contribution in [2.75, 3.05) is 18.8 Å². The van der Waals surface area contributed by atoms with E-state index in [2.05, 4.69) is 42.8 Å². The average Bonchev–Trinajstić information content (AvgIpc) is 2.41. The van der Waals surface area contributed by atoms with Gasteiger partial charge in [0.2, 0.25) is 0 Å². The highest BCUT2D eigenvalue weighted by Crippen LogP contribution is 2.31. The molecule has 2 rings (SSSR count). The number of anilines is 1. The predicted octanol–water partition coefficient (Wildman–Crippen LogP) is 3.99. The van der Waals surface area contributed by atoms with Gasteiger partial charge in [0.05, 0.1) is 11.3 Å². The Morgan fingerprint density at radius 3 is 2.57 bits per heavy atom. The summed E-state index contributed by atoms with van der Waals surface area (Å²) in [5, 5.41) is 0. The first-order valence-electron chi connectivity index (χ1n) is 6.93. The zero-order chi connectivity index (χ0) is 15.8. The lowest BCUT2D eigenvalue weighted by Crippen LogP contribution is -2.36. The molecule has 0 atom stereocenters. The maximum absolute atomic E-state index is 13.4. The number of hydrogen-bond donors (Lipinski definition) is 1. The normalized spacial score (nSPS) is 15.9. The molecule has 1 aliphatic heterocycles. The first-order valence-corrected chi connectivity index (χ1v) is 7.73. The summed E-state index contributed by atoms with van der Waals surface area (Å²) in [5.74, 6) is -0.648. The van der Waals surface area contributed by atoms with Crippen LogP contribution in [0, 0.1) is 11.2 Å². The molecule has 21 heavy (non-hydrogen) atoms. The SMILES string of the molecule is CC(C)(C)C1=CCN(C(=O)c2cc(N)c(F)cc2Br)CC1. The van der Waals surface area contributed by atoms with Gasteiger partial charge < -0.3 is 10.6 Å². The molecule has 0 bridgehead atoms. The van der Waals surface area contributed by atoms with E-state index in [0.717, 1.165) is 6.42 Å². The lowest BCUT2D eigenvalue weighted by Gasteiger charge is -2.32. The summed E-state index contributed by atoms with van der Waals surface area (Å²) in [6.45, 7) is 7.77. The van der Waals surface area contributed by atoms with Gasteiger partial charge in [-0.05, 0) is 39.9 Å². The Bertz CT molecular complexity index is 605. The minimum absolute atomic E-state index is 0.00974. The van der Waals surface area contributed by atoms with Crippen LogP contribution in [0.1, 0.15) is 37.6 Å². The number of nitrogens with two attached hydrogens (primary N) is 1. The van der Waals surface area contributed by atoms with Crippen molar-refractivity contribution in [3.8, 4) is 0 Å². The largest absolute Gasteiger partial charge is 0.396 e. The summed E-state index contributed by atoms with van der Waals surface area (Å²) in [6.07, 6.45) is 2.98. The Morgan fingerprint density at radius 1 is 1.38 bits per heavy atom. The smallest absolute Gasteiger partial charge is 0.255 e. The summed E-state index contributed by atoms with van der Waals surface area (Å²) in [4.78, 5) is 14.3. The Morgan fingerprint density at radius 2 is 2.05 bits per heavy atom. The van der Waals surface area contributed by atoms with Gasteiger partial charge in [-0.15, -0.1) is 0 Å². The molecule has 1 amide bonds. The molecule has 3 nitrogen and oxygen atoms in total. The van der Waals surface area contributed by atoms with Crippen LogP contribution in [0.25, 0.3) is 0 Å². The third kappa shape index (κ3) is 3.46. The first kappa shape index (κ1) is 16.0. The summed E-state index contributed by atoms with van der Waals surface area (Å²) >= 11 is 3.23. The fourth-order valence-corrected chi connectivity index (χ4v) is 2.92. The summed E-state index contributed by atoms with van der Waals surface area (Å²) < 4.78 is 13.8. The number of nitrogens with zero attached hydrogens (tertiary/aromatic N) is 1. The van der Waals surface area contributed by atoms with Crippen LogP contribution in [-0.2, 0) is 0 Å². The van der Waals surface area contributed by atoms with Crippen molar-refractivity contribution in [2.24, 2.45) is 5.41 Å². The number of amides is 1. The van der Waals surface area contributed by atoms with E-state index in [9.17, 15) is 9.18 Å². The van der Waals surface area contributed by atoms with Crippen LogP contribution in [0.4, 0.5) is 10.1 Å². The highest BCUT2D eigenvalue weighted by Gasteiger charge is 2.25. The Balaban J connectivity index is 2.20. The summed E-state index contributed by atoms with van der Waals surface area (Å²) in [7, 11) is 0. The second-order valence-corrected chi connectivity index (χ2v) is 7.19. The molecule has 0 spiro atoms. The molecule has 0 unspecified atom stereocenters. The molecular formula is C16H20BrFN2O. The fraction of sp³-hybridized carbons (Fsp3) is 0.438. The van der Waals surface area contributed by atoms with Gasteiger partial charge in [0.25, 0.3) is 5.91 Å². The van der Waals surface area contributed by atoms with Crippen molar-refractivity contribution in [3.05, 3.63) is 39.6 Å². The highest BCUT2D eigenvalue weighted by atomic mass is 79.9. The van der Waals surface area contributed by atoms with E-state index in [1.807, 2.05) is 0 Å². The van der Waals surface area contributed by atoms with Crippen LogP contribution < -0.4 is 5.73 Å². The number of nitrogen functional groups attached to an aromatic ring is 1. The quantitative estimate of drug-likeness (QED) is 0.612. The summed E-state index contributed by atoms with van der Waals surface area (Å²) in [5.41, 5.74) is 7.45. The molecule has 0 saturated carbocycles. The molecule has 0 radical (unpaired) electrons. The van der Waals surface area contributed by atoms with Crippen molar-refractivity contribution < 1.29 is 9.18 Å². The summed E-state index contributed by atoms with van der Waals surface area (Å²) in [6, 6.07) is 2.63. The molecule has 0 aromatic heterocycles. The lowest BCUT2D eigenvalue weighted by atomic mass is 9.83. The lowest BCUT2D eigenvalue weighted by molar-refractivity contribution is 0.0764. The molecular weight excluding hydrogens is 335 g/mol. The third-order valence-corrected chi connectivity index (χ3v) is 4.43. The number of carbonyl (C=O) groups excluding carboxylic acids is 1. The van der Waals surface area contributed by atoms with E-state index in [1.54, 1.807) is 4.90 Å². The van der Waals surface area contributed by atoms with Crippen LogP contribution in [-0.4, -0.2) is 23.9 Å². The van der Waals surface area contributed by atoms with Crippen molar-refractivity contribution in [2.45, 2.75) is 27.2 Å². The topological polar surface area (TPSA) is 46.3 Å². The molecule has 1 aliphatic rings. The monoisotopic (exact) mass is 354 g/mol. The van der Waals surface area contributed by atoms with Gasteiger partial charge in [0.1, 0.15) is 5.82 Å². The van der Waals surface area contributed by atoms with Crippen molar-refractivity contribution in [1.29, 1.82) is 0 Å². The van der Waals surface area contributed by atoms with Gasteiger partial charge in [-0.1, -0.05) is 32.4 Å². The predicted molar refractivity (Wildman–Crippen MR) is 86.6 cm³/mol. The minimum atomic E-state index is -0.521. The molecule has 0 aliphatic carbocycles. The van der Waals surface area contributed by atoms with Crippen molar-refractivity contribution in [3.63, 3.8) is 0 Å². The molecule has 1 heterocycles. The van der Waals surface area contributed by atoms with E-state index in [0.29, 0.717) is 23.1 Å². The van der Waals surface area contributed by atoms with Gasteiger partial charge in [-0.2, -0.15) is 0 Å². The van der Waals surface area contributed by atoms with Gasteiger partial charge >= 0.3 is 0 Å². The minimum Gasteiger partial charge on any atom is -0.396 e. The van der Waals surface area contributed by atoms with Crippen LogP contribution in [0.2, 0.25) is 0 Å². The number of benzene rings is 1.